The van der Waals surface area contributed by atoms with Gasteiger partial charge < -0.3 is 15.0 Å². The summed E-state index contributed by atoms with van der Waals surface area (Å²) in [4.78, 5) is 15.2. The van der Waals surface area contributed by atoms with E-state index < -0.39 is 0 Å². The fourth-order valence-electron chi connectivity index (χ4n) is 3.68. The van der Waals surface area contributed by atoms with Crippen LogP contribution in [0, 0.1) is 11.8 Å². The number of carbonyl (C=O) groups excluding carboxylic acids is 1. The maximum atomic E-state index is 12.7. The third kappa shape index (κ3) is 5.59. The van der Waals surface area contributed by atoms with E-state index in [-0.39, 0.29) is 11.8 Å². The molecule has 0 saturated carbocycles. The summed E-state index contributed by atoms with van der Waals surface area (Å²) < 4.78 is 5.32. The molecule has 4 nitrogen and oxygen atoms in total. The van der Waals surface area contributed by atoms with Crippen LogP contribution in [0.3, 0.4) is 0 Å². The number of ether oxygens (including phenoxy) is 1. The Morgan fingerprint density at radius 1 is 1.11 bits per heavy atom. The predicted molar refractivity (Wildman–Crippen MR) is 116 cm³/mol. The van der Waals surface area contributed by atoms with Crippen LogP contribution in [0.5, 0.6) is 5.75 Å². The van der Waals surface area contributed by atoms with E-state index in [2.05, 4.69) is 36.2 Å². The first-order valence-electron chi connectivity index (χ1n) is 10.3. The van der Waals surface area contributed by atoms with Crippen LogP contribution in [0.25, 0.3) is 11.1 Å². The van der Waals surface area contributed by atoms with E-state index in [0.29, 0.717) is 0 Å². The molecule has 150 valence electrons. The molecule has 1 aliphatic rings. The minimum absolute atomic E-state index is 0.107. The summed E-state index contributed by atoms with van der Waals surface area (Å²) in [6.07, 6.45) is 3.12. The highest BCUT2D eigenvalue weighted by molar-refractivity contribution is 5.93. The number of carbonyl (C=O) groups is 1. The van der Waals surface area contributed by atoms with Crippen molar-refractivity contribution in [3.63, 3.8) is 0 Å². The van der Waals surface area contributed by atoms with Gasteiger partial charge in [-0.25, -0.2) is 0 Å². The predicted octanol–water partition coefficient (Wildman–Crippen LogP) is 5.06. The summed E-state index contributed by atoms with van der Waals surface area (Å²) in [5.74, 6) is 1.82. The van der Waals surface area contributed by atoms with Crippen molar-refractivity contribution in [3.05, 3.63) is 48.5 Å². The summed E-state index contributed by atoms with van der Waals surface area (Å²) in [6.45, 7) is 7.72. The minimum atomic E-state index is 0.107. The molecule has 3 rings (SSSR count). The van der Waals surface area contributed by atoms with Crippen LogP contribution in [0.1, 0.15) is 33.1 Å². The zero-order valence-electron chi connectivity index (χ0n) is 17.3. The van der Waals surface area contributed by atoms with Gasteiger partial charge in [0, 0.05) is 11.6 Å². The number of anilines is 1. The highest BCUT2D eigenvalue weighted by Crippen LogP contribution is 2.27. The molecule has 1 N–H and O–H groups in total. The lowest BCUT2D eigenvalue weighted by Gasteiger charge is -2.31. The van der Waals surface area contributed by atoms with Crippen molar-refractivity contribution in [2.75, 3.05) is 32.1 Å². The summed E-state index contributed by atoms with van der Waals surface area (Å²) >= 11 is 0. The third-order valence-corrected chi connectivity index (χ3v) is 5.51. The number of hydrogen-bond donors (Lipinski definition) is 1. The van der Waals surface area contributed by atoms with Gasteiger partial charge in [-0.1, -0.05) is 38.1 Å². The lowest BCUT2D eigenvalue weighted by atomic mass is 9.95. The Morgan fingerprint density at radius 2 is 1.79 bits per heavy atom. The van der Waals surface area contributed by atoms with Gasteiger partial charge in [0.1, 0.15) is 5.75 Å². The molecule has 4 heteroatoms. The molecule has 0 atom stereocenters. The first-order chi connectivity index (χ1) is 13.5. The van der Waals surface area contributed by atoms with Gasteiger partial charge in [0.2, 0.25) is 5.91 Å². The number of nitrogens with one attached hydrogen (secondary N) is 1. The fraction of sp³-hybridized carbons (Fsp3) is 0.458. The number of amides is 1. The van der Waals surface area contributed by atoms with Crippen LogP contribution in [0.2, 0.25) is 0 Å². The Balaban J connectivity index is 1.58. The van der Waals surface area contributed by atoms with E-state index >= 15 is 0 Å². The fourth-order valence-corrected chi connectivity index (χ4v) is 3.68. The lowest BCUT2D eigenvalue weighted by Crippen LogP contribution is -2.38. The molecule has 1 aliphatic heterocycles. The van der Waals surface area contributed by atoms with E-state index in [1.54, 1.807) is 7.11 Å². The standard InChI is InChI=1S/C24H32N2O2/c1-18(2)10-13-26-14-11-19(12-15-26)24(27)25-22-8-4-6-20(16-22)21-7-5-9-23(17-21)28-3/h4-9,16-19H,10-15H2,1-3H3,(H,25,27). The molecule has 2 aromatic rings. The van der Waals surface area contributed by atoms with Crippen molar-refractivity contribution >= 4 is 11.6 Å². The van der Waals surface area contributed by atoms with E-state index in [1.807, 2.05) is 36.4 Å². The number of likely N-dealkylation sites (tertiary alicyclic amines) is 1. The second kappa shape index (κ2) is 9.74. The van der Waals surface area contributed by atoms with Gasteiger partial charge in [-0.3, -0.25) is 4.79 Å². The van der Waals surface area contributed by atoms with E-state index in [4.69, 9.17) is 4.74 Å². The lowest BCUT2D eigenvalue weighted by molar-refractivity contribution is -0.121. The van der Waals surface area contributed by atoms with Crippen LogP contribution >= 0.6 is 0 Å². The Morgan fingerprint density at radius 3 is 2.46 bits per heavy atom. The Labute approximate surface area is 168 Å². The Kier molecular flexibility index (Phi) is 7.10. The second-order valence-electron chi connectivity index (χ2n) is 8.10. The molecule has 0 aromatic heterocycles. The van der Waals surface area contributed by atoms with Crippen LogP contribution in [-0.4, -0.2) is 37.6 Å². The van der Waals surface area contributed by atoms with Gasteiger partial charge in [0.15, 0.2) is 0 Å². The molecule has 0 radical (unpaired) electrons. The molecule has 0 aliphatic carbocycles. The van der Waals surface area contributed by atoms with Gasteiger partial charge in [-0.2, -0.15) is 0 Å². The molecule has 0 unspecified atom stereocenters. The monoisotopic (exact) mass is 380 g/mol. The van der Waals surface area contributed by atoms with Crippen LogP contribution in [0.15, 0.2) is 48.5 Å². The van der Waals surface area contributed by atoms with Crippen molar-refractivity contribution in [2.45, 2.75) is 33.1 Å². The number of nitrogens with zero attached hydrogens (tertiary/aromatic N) is 1. The largest absolute Gasteiger partial charge is 0.497 e. The maximum absolute atomic E-state index is 12.7. The number of piperidine rings is 1. The normalized spacial score (nSPS) is 15.6. The van der Waals surface area contributed by atoms with E-state index in [1.165, 1.54) is 6.42 Å². The maximum Gasteiger partial charge on any atom is 0.227 e. The van der Waals surface area contributed by atoms with Crippen LogP contribution < -0.4 is 10.1 Å². The van der Waals surface area contributed by atoms with Gasteiger partial charge in [-0.15, -0.1) is 0 Å². The quantitative estimate of drug-likeness (QED) is 0.730. The Bertz CT molecular complexity index is 780. The van der Waals surface area contributed by atoms with Crippen molar-refractivity contribution in [3.8, 4) is 16.9 Å². The summed E-state index contributed by atoms with van der Waals surface area (Å²) in [5, 5.41) is 3.13. The Hall–Kier alpha value is -2.33. The molecule has 2 aromatic carbocycles. The number of benzene rings is 2. The molecule has 28 heavy (non-hydrogen) atoms. The topological polar surface area (TPSA) is 41.6 Å². The zero-order valence-corrected chi connectivity index (χ0v) is 17.3. The van der Waals surface area contributed by atoms with Crippen LogP contribution in [-0.2, 0) is 4.79 Å². The van der Waals surface area contributed by atoms with Crippen molar-refractivity contribution in [2.24, 2.45) is 11.8 Å². The van der Waals surface area contributed by atoms with Gasteiger partial charge >= 0.3 is 0 Å². The molecule has 1 amide bonds. The van der Waals surface area contributed by atoms with E-state index in [0.717, 1.165) is 61.0 Å². The van der Waals surface area contributed by atoms with Gasteiger partial charge in [0.05, 0.1) is 7.11 Å². The molecule has 1 fully saturated rings. The first-order valence-corrected chi connectivity index (χ1v) is 10.3. The first kappa shape index (κ1) is 20.4. The summed E-state index contributed by atoms with van der Waals surface area (Å²) in [5.41, 5.74) is 3.00. The second-order valence-corrected chi connectivity index (χ2v) is 8.10. The number of hydrogen-bond acceptors (Lipinski definition) is 3. The summed E-state index contributed by atoms with van der Waals surface area (Å²) in [6, 6.07) is 16.0. The number of methoxy groups -OCH3 is 1. The smallest absolute Gasteiger partial charge is 0.227 e. The molecule has 1 saturated heterocycles. The highest BCUT2D eigenvalue weighted by atomic mass is 16.5. The average Bonchev–Trinajstić information content (AvgIpc) is 2.73. The molecule has 1 heterocycles. The van der Waals surface area contributed by atoms with Gasteiger partial charge in [-0.05, 0) is 80.2 Å². The molecule has 0 bridgehead atoms. The molecule has 0 spiro atoms. The summed E-state index contributed by atoms with van der Waals surface area (Å²) in [7, 11) is 1.67. The zero-order chi connectivity index (χ0) is 19.9. The SMILES string of the molecule is COc1cccc(-c2cccc(NC(=O)C3CCN(CCC(C)C)CC3)c2)c1. The third-order valence-electron chi connectivity index (χ3n) is 5.51. The van der Waals surface area contributed by atoms with Crippen molar-refractivity contribution in [1.82, 2.24) is 4.90 Å². The van der Waals surface area contributed by atoms with E-state index in [9.17, 15) is 4.79 Å². The average molecular weight is 381 g/mol. The highest BCUT2D eigenvalue weighted by Gasteiger charge is 2.25. The van der Waals surface area contributed by atoms with Crippen LogP contribution in [0.4, 0.5) is 5.69 Å². The van der Waals surface area contributed by atoms with Gasteiger partial charge in [0.25, 0.3) is 0 Å². The van der Waals surface area contributed by atoms with Crippen molar-refractivity contribution < 1.29 is 9.53 Å². The van der Waals surface area contributed by atoms with Crippen molar-refractivity contribution in [1.29, 1.82) is 0 Å². The molecular weight excluding hydrogens is 348 g/mol. The number of rotatable bonds is 7. The molecular formula is C24H32N2O2. The minimum Gasteiger partial charge on any atom is -0.497 e.